The van der Waals surface area contributed by atoms with Gasteiger partial charge in [-0.3, -0.25) is 5.32 Å². The van der Waals surface area contributed by atoms with E-state index in [9.17, 15) is 14.7 Å². The number of nitrogens with zero attached hydrogens (tertiary/aromatic N) is 4. The van der Waals surface area contributed by atoms with Crippen molar-refractivity contribution in [2.75, 3.05) is 6.54 Å². The van der Waals surface area contributed by atoms with Crippen molar-refractivity contribution >= 4 is 18.1 Å². The molecule has 1 aromatic heterocycles. The van der Waals surface area contributed by atoms with E-state index >= 15 is 0 Å². The number of aliphatic hydroxyl groups is 1. The zero-order valence-electron chi connectivity index (χ0n) is 21.2. The molecule has 0 bridgehead atoms. The molecule has 1 aliphatic rings. The van der Waals surface area contributed by atoms with Crippen LogP contribution in [0.2, 0.25) is 0 Å². The SMILES string of the molecule is Cc1ccc(-c2noc([C@@H]3C[C@H](O)CN3/C(=N/C(=O)OC(C)(C)C)NC(=O)OC(C)(C)C)n2)cc1. The van der Waals surface area contributed by atoms with Gasteiger partial charge in [0.1, 0.15) is 17.2 Å². The summed E-state index contributed by atoms with van der Waals surface area (Å²) in [5, 5.41) is 17.0. The average Bonchev–Trinajstić information content (AvgIpc) is 3.32. The molecule has 2 atom stereocenters. The third-order valence-corrected chi connectivity index (χ3v) is 4.79. The second kappa shape index (κ2) is 10.0. The number of hydrogen-bond acceptors (Lipinski definition) is 8. The first kappa shape index (κ1) is 26.1. The standard InChI is InChI=1S/C24H33N5O6/c1-14-8-10-15(11-9-14)18-25-19(35-28-18)17-12-16(30)13-29(17)20(26-21(31)33-23(2,3)4)27-22(32)34-24(5,6)7/h8-11,16-17,30H,12-13H2,1-7H3,(H,26,27,31,32)/t16-,17-/m0/s1. The molecule has 35 heavy (non-hydrogen) atoms. The van der Waals surface area contributed by atoms with Gasteiger partial charge in [-0.25, -0.2) is 9.59 Å². The molecule has 0 unspecified atom stereocenters. The van der Waals surface area contributed by atoms with Crippen LogP contribution in [0.4, 0.5) is 9.59 Å². The van der Waals surface area contributed by atoms with Gasteiger partial charge in [-0.05, 0) is 48.5 Å². The lowest BCUT2D eigenvalue weighted by Gasteiger charge is -2.27. The van der Waals surface area contributed by atoms with Crippen LogP contribution in [0.3, 0.4) is 0 Å². The average molecular weight is 488 g/mol. The van der Waals surface area contributed by atoms with E-state index in [1.54, 1.807) is 41.5 Å². The van der Waals surface area contributed by atoms with E-state index in [-0.39, 0.29) is 24.8 Å². The lowest BCUT2D eigenvalue weighted by molar-refractivity contribution is 0.0552. The first-order valence-corrected chi connectivity index (χ1v) is 11.4. The number of hydrogen-bond donors (Lipinski definition) is 2. The van der Waals surface area contributed by atoms with Gasteiger partial charge in [0.25, 0.3) is 0 Å². The highest BCUT2D eigenvalue weighted by atomic mass is 16.6. The fraction of sp³-hybridized carbons (Fsp3) is 0.542. The summed E-state index contributed by atoms with van der Waals surface area (Å²) >= 11 is 0. The van der Waals surface area contributed by atoms with E-state index in [0.717, 1.165) is 11.1 Å². The summed E-state index contributed by atoms with van der Waals surface area (Å²) in [7, 11) is 0. The predicted molar refractivity (Wildman–Crippen MR) is 128 cm³/mol. The number of aliphatic imine (C=N–C) groups is 1. The summed E-state index contributed by atoms with van der Waals surface area (Å²) in [4.78, 5) is 35.0. The van der Waals surface area contributed by atoms with Crippen LogP contribution in [0.1, 0.15) is 65.5 Å². The Bertz CT molecular complexity index is 1080. The summed E-state index contributed by atoms with van der Waals surface area (Å²) < 4.78 is 16.1. The first-order valence-electron chi connectivity index (χ1n) is 11.4. The molecule has 2 aromatic rings. The minimum Gasteiger partial charge on any atom is -0.444 e. The van der Waals surface area contributed by atoms with Crippen molar-refractivity contribution in [3.05, 3.63) is 35.7 Å². The smallest absolute Gasteiger partial charge is 0.437 e. The van der Waals surface area contributed by atoms with Gasteiger partial charge in [-0.1, -0.05) is 35.0 Å². The van der Waals surface area contributed by atoms with Gasteiger partial charge in [0.15, 0.2) is 0 Å². The van der Waals surface area contributed by atoms with E-state index in [1.165, 1.54) is 4.90 Å². The Morgan fingerprint density at radius 3 is 2.34 bits per heavy atom. The molecule has 2 amide bonds. The Kier molecular flexibility index (Phi) is 7.49. The topological polar surface area (TPSA) is 139 Å². The summed E-state index contributed by atoms with van der Waals surface area (Å²) in [6.07, 6.45) is -2.29. The summed E-state index contributed by atoms with van der Waals surface area (Å²) in [5.41, 5.74) is 0.293. The molecule has 11 heteroatoms. The minimum atomic E-state index is -0.908. The third kappa shape index (κ3) is 7.51. The summed E-state index contributed by atoms with van der Waals surface area (Å²) in [6, 6.07) is 6.99. The fourth-order valence-electron chi connectivity index (χ4n) is 3.40. The van der Waals surface area contributed by atoms with Crippen LogP contribution in [-0.2, 0) is 9.47 Å². The lowest BCUT2D eigenvalue weighted by atomic mass is 10.1. The second-order valence-corrected chi connectivity index (χ2v) is 10.4. The third-order valence-electron chi connectivity index (χ3n) is 4.79. The number of benzene rings is 1. The Hall–Kier alpha value is -3.47. The number of ether oxygens (including phenoxy) is 2. The maximum Gasteiger partial charge on any atom is 0.437 e. The number of nitrogens with one attached hydrogen (secondary N) is 1. The van der Waals surface area contributed by atoms with Crippen LogP contribution in [0.5, 0.6) is 0 Å². The number of aromatic nitrogens is 2. The highest BCUT2D eigenvalue weighted by Gasteiger charge is 2.39. The molecule has 11 nitrogen and oxygen atoms in total. The maximum absolute atomic E-state index is 12.5. The van der Waals surface area contributed by atoms with Crippen molar-refractivity contribution in [3.8, 4) is 11.4 Å². The van der Waals surface area contributed by atoms with Crippen LogP contribution in [0.25, 0.3) is 11.4 Å². The van der Waals surface area contributed by atoms with E-state index in [4.69, 9.17) is 14.0 Å². The number of rotatable bonds is 2. The second-order valence-electron chi connectivity index (χ2n) is 10.4. The molecule has 0 radical (unpaired) electrons. The number of amides is 2. The molecule has 0 saturated carbocycles. The van der Waals surface area contributed by atoms with Gasteiger partial charge in [-0.15, -0.1) is 4.99 Å². The Labute approximate surface area is 204 Å². The van der Waals surface area contributed by atoms with Crippen LogP contribution in [-0.4, -0.2) is 62.1 Å². The molecule has 2 N–H and O–H groups in total. The van der Waals surface area contributed by atoms with E-state index in [2.05, 4.69) is 20.4 Å². The maximum atomic E-state index is 12.5. The molecule has 3 rings (SSSR count). The number of β-amino-alcohol motifs (C(OH)–C–C–N with tert-alkyl or cyclic N) is 1. The van der Waals surface area contributed by atoms with Gasteiger partial charge < -0.3 is 24.0 Å². The van der Waals surface area contributed by atoms with Crippen molar-refractivity contribution in [3.63, 3.8) is 0 Å². The molecule has 1 aliphatic heterocycles. The van der Waals surface area contributed by atoms with Gasteiger partial charge in [-0.2, -0.15) is 4.98 Å². The van der Waals surface area contributed by atoms with Gasteiger partial charge in [0.2, 0.25) is 17.7 Å². The number of aliphatic hydroxyl groups excluding tert-OH is 1. The number of carbonyl (C=O) groups excluding carboxylic acids is 2. The van der Waals surface area contributed by atoms with Crippen molar-refractivity contribution in [1.82, 2.24) is 20.4 Å². The van der Waals surface area contributed by atoms with Crippen molar-refractivity contribution in [2.45, 2.75) is 78.2 Å². The summed E-state index contributed by atoms with van der Waals surface area (Å²) in [5.74, 6) is 0.442. The highest BCUT2D eigenvalue weighted by Crippen LogP contribution is 2.32. The first-order chi connectivity index (χ1) is 16.2. The molecule has 1 fully saturated rings. The zero-order chi connectivity index (χ0) is 26.0. The number of aryl methyl sites for hydroxylation is 1. The van der Waals surface area contributed by atoms with Crippen molar-refractivity contribution in [1.29, 1.82) is 0 Å². The number of alkyl carbamates (subject to hydrolysis) is 1. The molecule has 0 spiro atoms. The molecular formula is C24H33N5O6. The van der Waals surface area contributed by atoms with Crippen LogP contribution < -0.4 is 5.32 Å². The molecule has 1 saturated heterocycles. The Balaban J connectivity index is 1.92. The largest absolute Gasteiger partial charge is 0.444 e. The molecular weight excluding hydrogens is 454 g/mol. The quantitative estimate of drug-likeness (QED) is 0.476. The molecule has 190 valence electrons. The fourth-order valence-corrected chi connectivity index (χ4v) is 3.40. The van der Waals surface area contributed by atoms with E-state index in [0.29, 0.717) is 5.82 Å². The van der Waals surface area contributed by atoms with E-state index < -0.39 is 35.5 Å². The molecule has 2 heterocycles. The lowest BCUT2D eigenvalue weighted by Crippen LogP contribution is -2.46. The van der Waals surface area contributed by atoms with Gasteiger partial charge in [0.05, 0.1) is 6.10 Å². The normalized spacial score (nSPS) is 19.0. The number of likely N-dealkylation sites (tertiary alicyclic amines) is 1. The van der Waals surface area contributed by atoms with Crippen molar-refractivity contribution in [2.24, 2.45) is 4.99 Å². The van der Waals surface area contributed by atoms with Crippen LogP contribution in [0, 0.1) is 6.92 Å². The Morgan fingerprint density at radius 1 is 1.11 bits per heavy atom. The number of carbonyl (C=O) groups is 2. The van der Waals surface area contributed by atoms with Crippen LogP contribution in [0.15, 0.2) is 33.8 Å². The van der Waals surface area contributed by atoms with Crippen LogP contribution >= 0.6 is 0 Å². The minimum absolute atomic E-state index is 0.0599. The van der Waals surface area contributed by atoms with Gasteiger partial charge in [0, 0.05) is 18.5 Å². The monoisotopic (exact) mass is 487 g/mol. The van der Waals surface area contributed by atoms with Crippen molar-refractivity contribution < 1.29 is 28.7 Å². The zero-order valence-corrected chi connectivity index (χ0v) is 21.2. The van der Waals surface area contributed by atoms with E-state index in [1.807, 2.05) is 31.2 Å². The van der Waals surface area contributed by atoms with Gasteiger partial charge >= 0.3 is 12.2 Å². The summed E-state index contributed by atoms with van der Waals surface area (Å²) in [6.45, 7) is 12.3. The Morgan fingerprint density at radius 2 is 1.74 bits per heavy atom. The predicted octanol–water partition coefficient (Wildman–Crippen LogP) is 3.97. The highest BCUT2D eigenvalue weighted by molar-refractivity contribution is 5.99. The molecule has 0 aliphatic carbocycles. The molecule has 1 aromatic carbocycles. The number of guanidine groups is 1.